The van der Waals surface area contributed by atoms with Crippen molar-refractivity contribution >= 4 is 47.8 Å². The van der Waals surface area contributed by atoms with Gasteiger partial charge in [0.25, 0.3) is 0 Å². The number of aliphatic carboxylic acids is 1. The third-order valence-electron chi connectivity index (χ3n) is 9.84. The summed E-state index contributed by atoms with van der Waals surface area (Å²) in [4.78, 5) is 108. The summed E-state index contributed by atoms with van der Waals surface area (Å²) in [5.74, 6) is -4.02. The highest BCUT2D eigenvalue weighted by Crippen LogP contribution is 2.24. The lowest BCUT2D eigenvalue weighted by Gasteiger charge is -2.32. The van der Waals surface area contributed by atoms with Crippen molar-refractivity contribution in [3.63, 3.8) is 0 Å². The summed E-state index contributed by atoms with van der Waals surface area (Å²) < 4.78 is 21.4. The van der Waals surface area contributed by atoms with Gasteiger partial charge in [0.05, 0.1) is 13.5 Å². The molecule has 0 bridgehead atoms. The molecule has 19 nitrogen and oxygen atoms in total. The van der Waals surface area contributed by atoms with E-state index in [1.54, 1.807) is 65.8 Å². The molecule has 0 radical (unpaired) electrons. The lowest BCUT2D eigenvalue weighted by molar-refractivity contribution is -0.147. The van der Waals surface area contributed by atoms with Gasteiger partial charge in [-0.3, -0.25) is 24.0 Å². The number of nitrogens with zero attached hydrogens (tertiary/aromatic N) is 2. The van der Waals surface area contributed by atoms with Crippen LogP contribution in [-0.2, 0) is 49.4 Å². The highest BCUT2D eigenvalue weighted by Gasteiger charge is 2.42. The van der Waals surface area contributed by atoms with Crippen molar-refractivity contribution in [1.82, 2.24) is 31.1 Å². The molecular formula is C44H68N6O13. The third kappa shape index (κ3) is 17.6. The van der Waals surface area contributed by atoms with E-state index < -0.39 is 101 Å². The Morgan fingerprint density at radius 3 is 1.68 bits per heavy atom. The Balaban J connectivity index is 1.81. The minimum Gasteiger partial charge on any atom is -0.488 e. The molecule has 2 saturated heterocycles. The van der Waals surface area contributed by atoms with E-state index in [1.807, 2.05) is 20.8 Å². The monoisotopic (exact) mass is 888 g/mol. The lowest BCUT2D eigenvalue weighted by Crippen LogP contribution is -2.58. The third-order valence-corrected chi connectivity index (χ3v) is 9.84. The average molecular weight is 889 g/mol. The molecular weight excluding hydrogens is 821 g/mol. The molecule has 0 aliphatic carbocycles. The van der Waals surface area contributed by atoms with E-state index in [9.17, 15) is 43.5 Å². The normalized spacial score (nSPS) is 18.0. The topological polar surface area (TPSA) is 248 Å². The number of carbonyl (C=O) groups is 8. The Morgan fingerprint density at radius 2 is 1.19 bits per heavy atom. The Labute approximate surface area is 370 Å². The predicted molar refractivity (Wildman–Crippen MR) is 229 cm³/mol. The molecule has 5 N–H and O–H groups in total. The number of hydrogen-bond acceptors (Lipinski definition) is 12. The van der Waals surface area contributed by atoms with Crippen molar-refractivity contribution in [2.45, 2.75) is 167 Å². The first-order chi connectivity index (χ1) is 29.3. The minimum atomic E-state index is -1.54. The van der Waals surface area contributed by atoms with Crippen molar-refractivity contribution in [2.75, 3.05) is 26.7 Å². The quantitative estimate of drug-likeness (QED) is 0.0805. The van der Waals surface area contributed by atoms with E-state index >= 15 is 0 Å². The smallest absolute Gasteiger partial charge is 0.408 e. The van der Waals surface area contributed by atoms with Crippen LogP contribution in [0.1, 0.15) is 119 Å². The number of carboxylic acids is 1. The van der Waals surface area contributed by atoms with Crippen LogP contribution in [0.3, 0.4) is 0 Å². The van der Waals surface area contributed by atoms with Gasteiger partial charge in [0.1, 0.15) is 52.8 Å². The number of rotatable bonds is 18. The summed E-state index contributed by atoms with van der Waals surface area (Å²) in [6.07, 6.45) is -0.130. The maximum absolute atomic E-state index is 14.4. The van der Waals surface area contributed by atoms with E-state index in [0.29, 0.717) is 31.4 Å². The van der Waals surface area contributed by atoms with E-state index in [1.165, 1.54) is 16.9 Å². The number of amides is 6. The van der Waals surface area contributed by atoms with Crippen molar-refractivity contribution in [2.24, 2.45) is 0 Å². The molecule has 3 rings (SSSR count). The van der Waals surface area contributed by atoms with Crippen LogP contribution in [-0.4, -0.2) is 136 Å². The number of likely N-dealkylation sites (tertiary alicyclic amines) is 2. The molecule has 1 aromatic carbocycles. The van der Waals surface area contributed by atoms with Crippen LogP contribution in [0.25, 0.3) is 0 Å². The molecule has 63 heavy (non-hydrogen) atoms. The maximum Gasteiger partial charge on any atom is 0.408 e. The van der Waals surface area contributed by atoms with Gasteiger partial charge in [-0.15, -0.1) is 0 Å². The van der Waals surface area contributed by atoms with E-state index in [-0.39, 0.29) is 45.3 Å². The molecule has 2 heterocycles. The van der Waals surface area contributed by atoms with Gasteiger partial charge in [0.2, 0.25) is 23.6 Å². The molecule has 19 heteroatoms. The molecule has 5 atom stereocenters. The molecule has 2 fully saturated rings. The standard InChI is InChI=1S/C44H68N6O13/c1-42(2,3)61-28-20-18-27(19-21-28)25-31(39(57)60-10)47-36(54)33-17-13-23-49(33)37(55)29(15-11-12-22-45-40(58)62-43(4,5)6)46-35(53)32-16-14-24-50(32)38(56)30(26-34(51)52)48-41(59)63-44(7,8)9/h18-21,29-33H,11-17,22-26H2,1-10H3,(H,45,58)(H,46,53)(H,47,54)(H,48,59)(H,51,52)/t29-,30-,31-,32-,33-/m0/s1. The number of ether oxygens (including phenoxy) is 4. The summed E-state index contributed by atoms with van der Waals surface area (Å²) >= 11 is 0. The predicted octanol–water partition coefficient (Wildman–Crippen LogP) is 3.59. The number of esters is 1. The Morgan fingerprint density at radius 1 is 0.683 bits per heavy atom. The van der Waals surface area contributed by atoms with E-state index in [4.69, 9.17) is 18.9 Å². The Bertz CT molecular complexity index is 1780. The van der Waals surface area contributed by atoms with Crippen molar-refractivity contribution in [3.8, 4) is 5.75 Å². The van der Waals surface area contributed by atoms with Gasteiger partial charge in [-0.25, -0.2) is 14.4 Å². The van der Waals surface area contributed by atoms with Crippen molar-refractivity contribution in [3.05, 3.63) is 29.8 Å². The molecule has 6 amide bonds. The van der Waals surface area contributed by atoms with Crippen LogP contribution in [0.15, 0.2) is 24.3 Å². The first-order valence-electron chi connectivity index (χ1n) is 21.5. The number of unbranched alkanes of at least 4 members (excludes halogenated alkanes) is 1. The molecule has 0 unspecified atom stereocenters. The van der Waals surface area contributed by atoms with Crippen LogP contribution in [0.4, 0.5) is 9.59 Å². The van der Waals surface area contributed by atoms with Crippen LogP contribution < -0.4 is 26.0 Å². The second-order valence-electron chi connectivity index (χ2n) is 18.8. The zero-order valence-corrected chi connectivity index (χ0v) is 38.4. The second kappa shape index (κ2) is 22.6. The molecule has 0 aromatic heterocycles. The molecule has 2 aliphatic heterocycles. The molecule has 0 spiro atoms. The number of hydrogen-bond donors (Lipinski definition) is 5. The van der Waals surface area contributed by atoms with Gasteiger partial charge in [-0.2, -0.15) is 0 Å². The number of carbonyl (C=O) groups excluding carboxylic acids is 7. The van der Waals surface area contributed by atoms with E-state index in [0.717, 1.165) is 5.56 Å². The fourth-order valence-electron chi connectivity index (χ4n) is 7.22. The zero-order valence-electron chi connectivity index (χ0n) is 38.4. The fraction of sp³-hybridized carbons (Fsp3) is 0.682. The van der Waals surface area contributed by atoms with Gasteiger partial charge in [0.15, 0.2) is 0 Å². The Hall–Kier alpha value is -5.62. The van der Waals surface area contributed by atoms with Crippen molar-refractivity contribution in [1.29, 1.82) is 0 Å². The second-order valence-corrected chi connectivity index (χ2v) is 18.8. The van der Waals surface area contributed by atoms with Gasteiger partial charge in [0, 0.05) is 26.1 Å². The average Bonchev–Trinajstić information content (AvgIpc) is 3.86. The van der Waals surface area contributed by atoms with Gasteiger partial charge < -0.3 is 55.1 Å². The molecule has 0 saturated carbocycles. The number of methoxy groups -OCH3 is 1. The van der Waals surface area contributed by atoms with Crippen LogP contribution in [0.2, 0.25) is 0 Å². The summed E-state index contributed by atoms with van der Waals surface area (Å²) in [7, 11) is 1.21. The number of benzene rings is 1. The van der Waals surface area contributed by atoms with Crippen LogP contribution in [0, 0.1) is 0 Å². The Kier molecular flexibility index (Phi) is 18.6. The molecule has 352 valence electrons. The SMILES string of the molecule is COC(=O)[C@H](Cc1ccc(OC(C)(C)C)cc1)NC(=O)[C@@H]1CCCN1C(=O)[C@H](CCCCNC(=O)OC(C)(C)C)NC(=O)[C@@H]1CCCN1C(=O)[C@H](CC(=O)O)NC(=O)OC(C)(C)C. The first-order valence-corrected chi connectivity index (χ1v) is 21.5. The summed E-state index contributed by atoms with van der Waals surface area (Å²) in [6, 6.07) is 1.22. The van der Waals surface area contributed by atoms with Crippen LogP contribution in [0.5, 0.6) is 5.75 Å². The molecule has 1 aromatic rings. The minimum absolute atomic E-state index is 0.0859. The summed E-state index contributed by atoms with van der Waals surface area (Å²) in [6.45, 7) is 16.3. The van der Waals surface area contributed by atoms with Gasteiger partial charge in [-0.05, 0) is 125 Å². The van der Waals surface area contributed by atoms with Crippen LogP contribution >= 0.6 is 0 Å². The number of nitrogens with one attached hydrogen (secondary N) is 4. The number of carboxylic acid groups (broad SMARTS) is 1. The zero-order chi connectivity index (χ0) is 47.3. The number of alkyl carbamates (subject to hydrolysis) is 2. The molecule has 2 aliphatic rings. The maximum atomic E-state index is 14.4. The van der Waals surface area contributed by atoms with E-state index in [2.05, 4.69) is 21.3 Å². The lowest BCUT2D eigenvalue weighted by atomic mass is 10.0. The van der Waals surface area contributed by atoms with Crippen molar-refractivity contribution < 1.29 is 62.4 Å². The largest absolute Gasteiger partial charge is 0.488 e. The summed E-state index contributed by atoms with van der Waals surface area (Å²) in [5.41, 5.74) is -1.33. The van der Waals surface area contributed by atoms with Gasteiger partial charge in [-0.1, -0.05) is 12.1 Å². The first kappa shape index (κ1) is 51.7. The highest BCUT2D eigenvalue weighted by molar-refractivity contribution is 5.97. The summed E-state index contributed by atoms with van der Waals surface area (Å²) in [5, 5.41) is 20.1. The fourth-order valence-corrected chi connectivity index (χ4v) is 7.22. The van der Waals surface area contributed by atoms with Gasteiger partial charge >= 0.3 is 24.1 Å². The highest BCUT2D eigenvalue weighted by atomic mass is 16.6.